The molecule has 36 heavy (non-hydrogen) atoms. The number of rotatable bonds is 7. The number of nitrogens with zero attached hydrogens (tertiary/aromatic N) is 1. The van der Waals surface area contributed by atoms with Crippen LogP contribution in [0.4, 0.5) is 10.1 Å². The van der Waals surface area contributed by atoms with E-state index < -0.39 is 5.97 Å². The Morgan fingerprint density at radius 3 is 2.39 bits per heavy atom. The summed E-state index contributed by atoms with van der Waals surface area (Å²) in [5.41, 5.74) is 1.96. The van der Waals surface area contributed by atoms with Crippen molar-refractivity contribution in [2.24, 2.45) is 4.99 Å². The second kappa shape index (κ2) is 11.6. The van der Waals surface area contributed by atoms with E-state index in [4.69, 9.17) is 32.7 Å². The molecule has 0 saturated carbocycles. The summed E-state index contributed by atoms with van der Waals surface area (Å²) < 4.78 is 24.0. The van der Waals surface area contributed by atoms with Crippen molar-refractivity contribution in [1.82, 2.24) is 0 Å². The van der Waals surface area contributed by atoms with Crippen molar-refractivity contribution in [1.29, 1.82) is 0 Å². The number of hydrogen-bond acceptors (Lipinski definition) is 6. The third-order valence-electron chi connectivity index (χ3n) is 4.97. The molecule has 9 heteroatoms. The molecule has 0 bridgehead atoms. The number of aliphatic imine (C=N–C) groups is 1. The molecular formula is C27H20Cl2FNO4S. The maximum Gasteiger partial charge on any atom is 0.344 e. The average molecular weight is 544 g/mol. The van der Waals surface area contributed by atoms with Gasteiger partial charge in [-0.2, -0.15) is 0 Å². The number of benzene rings is 3. The van der Waals surface area contributed by atoms with Gasteiger partial charge >= 0.3 is 5.97 Å². The Hall–Kier alpha value is -3.26. The van der Waals surface area contributed by atoms with E-state index in [9.17, 15) is 14.3 Å². The number of ether oxygens (including phenoxy) is 2. The van der Waals surface area contributed by atoms with Crippen molar-refractivity contribution in [3.8, 4) is 5.75 Å². The van der Waals surface area contributed by atoms with Gasteiger partial charge in [0.25, 0.3) is 0 Å². The van der Waals surface area contributed by atoms with Gasteiger partial charge in [-0.1, -0.05) is 65.3 Å². The Kier molecular flexibility index (Phi) is 8.36. The van der Waals surface area contributed by atoms with Crippen molar-refractivity contribution < 1.29 is 23.8 Å². The smallest absolute Gasteiger partial charge is 0.344 e. The van der Waals surface area contributed by atoms with Crippen LogP contribution in [0.15, 0.2) is 88.0 Å². The summed E-state index contributed by atoms with van der Waals surface area (Å²) in [5, 5.41) is 11.7. The van der Waals surface area contributed by atoms with E-state index in [1.807, 2.05) is 18.2 Å². The maximum absolute atomic E-state index is 13.1. The van der Waals surface area contributed by atoms with Crippen LogP contribution in [0, 0.1) is 5.82 Å². The molecule has 0 fully saturated rings. The largest absolute Gasteiger partial charge is 0.506 e. The highest BCUT2D eigenvalue weighted by Gasteiger charge is 2.33. The number of para-hydroxylation sites is 1. The van der Waals surface area contributed by atoms with Gasteiger partial charge in [0.05, 0.1) is 27.2 Å². The van der Waals surface area contributed by atoms with Gasteiger partial charge < -0.3 is 14.6 Å². The van der Waals surface area contributed by atoms with E-state index in [1.165, 1.54) is 12.1 Å². The standard InChI is InChI=1S/C27H20Cl2FNO4S/c1-2-34-27(33)23-24(32)22(36-26(23)31-19-6-4-3-5-7-19)14-17-12-20(28)25(21(29)13-17)35-15-16-8-10-18(30)11-9-16/h3-14,32H,2,15H2,1H3/b22-14-,31-26?. The number of carbonyl (C=O) groups excluding carboxylic acids is 1. The maximum atomic E-state index is 13.1. The Labute approximate surface area is 221 Å². The SMILES string of the molecule is CCOC(=O)C1=C(O)/C(=C/c2cc(Cl)c(OCc3ccc(F)cc3)c(Cl)c2)SC1=Nc1ccccc1. The number of aliphatic hydroxyl groups excluding tert-OH is 1. The van der Waals surface area contributed by atoms with Crippen molar-refractivity contribution in [3.05, 3.63) is 110 Å². The van der Waals surface area contributed by atoms with Crippen molar-refractivity contribution >= 4 is 57.7 Å². The van der Waals surface area contributed by atoms with Crippen LogP contribution < -0.4 is 4.74 Å². The first kappa shape index (κ1) is 25.8. The molecule has 184 valence electrons. The summed E-state index contributed by atoms with van der Waals surface area (Å²) in [6.07, 6.45) is 1.65. The molecule has 1 N–H and O–H groups in total. The summed E-state index contributed by atoms with van der Waals surface area (Å²) in [6.45, 7) is 2.00. The van der Waals surface area contributed by atoms with E-state index in [2.05, 4.69) is 4.99 Å². The number of hydrogen-bond donors (Lipinski definition) is 1. The van der Waals surface area contributed by atoms with E-state index in [0.29, 0.717) is 21.2 Å². The lowest BCUT2D eigenvalue weighted by Gasteiger charge is -2.11. The zero-order chi connectivity index (χ0) is 25.7. The third kappa shape index (κ3) is 6.10. The highest BCUT2D eigenvalue weighted by molar-refractivity contribution is 8.18. The van der Waals surface area contributed by atoms with E-state index in [0.717, 1.165) is 17.3 Å². The second-order valence-electron chi connectivity index (χ2n) is 7.54. The topological polar surface area (TPSA) is 68.1 Å². The number of carbonyl (C=O) groups is 1. The van der Waals surface area contributed by atoms with Crippen LogP contribution >= 0.6 is 35.0 Å². The molecule has 0 spiro atoms. The number of thioether (sulfide) groups is 1. The molecule has 0 unspecified atom stereocenters. The summed E-state index contributed by atoms with van der Waals surface area (Å²) in [5.74, 6) is -0.960. The molecule has 0 amide bonds. The molecule has 4 rings (SSSR count). The Bertz CT molecular complexity index is 1350. The van der Waals surface area contributed by atoms with Crippen LogP contribution in [-0.4, -0.2) is 22.7 Å². The van der Waals surface area contributed by atoms with Crippen molar-refractivity contribution in [2.45, 2.75) is 13.5 Å². The molecule has 1 heterocycles. The molecular weight excluding hydrogens is 524 g/mol. The Balaban J connectivity index is 1.62. The monoisotopic (exact) mass is 543 g/mol. The summed E-state index contributed by atoms with van der Waals surface area (Å²) in [7, 11) is 0. The fourth-order valence-electron chi connectivity index (χ4n) is 3.30. The number of esters is 1. The molecule has 1 aliphatic rings. The lowest BCUT2D eigenvalue weighted by molar-refractivity contribution is -0.138. The average Bonchev–Trinajstić information content (AvgIpc) is 3.14. The molecule has 3 aromatic rings. The van der Waals surface area contributed by atoms with Gasteiger partial charge in [0.15, 0.2) is 5.75 Å². The predicted molar refractivity (Wildman–Crippen MR) is 143 cm³/mol. The highest BCUT2D eigenvalue weighted by atomic mass is 35.5. The summed E-state index contributed by atoms with van der Waals surface area (Å²) in [4.78, 5) is 17.5. The molecule has 0 aliphatic carbocycles. The van der Waals surface area contributed by atoms with Gasteiger partial charge in [0.1, 0.15) is 28.8 Å². The first-order valence-corrected chi connectivity index (χ1v) is 12.4. The zero-order valence-corrected chi connectivity index (χ0v) is 21.3. The number of aliphatic hydroxyl groups is 1. The zero-order valence-electron chi connectivity index (χ0n) is 19.0. The van der Waals surface area contributed by atoms with Crippen LogP contribution in [0.5, 0.6) is 5.75 Å². The Morgan fingerprint density at radius 2 is 1.75 bits per heavy atom. The normalized spacial score (nSPS) is 15.6. The quantitative estimate of drug-likeness (QED) is 0.306. The fraction of sp³-hybridized carbons (Fsp3) is 0.111. The Morgan fingerprint density at radius 1 is 1.08 bits per heavy atom. The first-order chi connectivity index (χ1) is 17.4. The van der Waals surface area contributed by atoms with Crippen LogP contribution in [-0.2, 0) is 16.1 Å². The second-order valence-corrected chi connectivity index (χ2v) is 9.38. The molecule has 0 aromatic heterocycles. The molecule has 5 nitrogen and oxygen atoms in total. The van der Waals surface area contributed by atoms with Crippen LogP contribution in [0.1, 0.15) is 18.1 Å². The third-order valence-corrected chi connectivity index (χ3v) is 6.55. The fourth-order valence-corrected chi connectivity index (χ4v) is 4.95. The van der Waals surface area contributed by atoms with Crippen LogP contribution in [0.25, 0.3) is 6.08 Å². The molecule has 0 radical (unpaired) electrons. The van der Waals surface area contributed by atoms with Gasteiger partial charge in [0, 0.05) is 0 Å². The van der Waals surface area contributed by atoms with Gasteiger partial charge in [-0.15, -0.1) is 0 Å². The lowest BCUT2D eigenvalue weighted by atomic mass is 10.1. The summed E-state index contributed by atoms with van der Waals surface area (Å²) in [6, 6.07) is 18.3. The first-order valence-electron chi connectivity index (χ1n) is 10.9. The molecule has 0 saturated heterocycles. The minimum Gasteiger partial charge on any atom is -0.506 e. The molecule has 3 aromatic carbocycles. The molecule has 0 atom stereocenters. The minimum atomic E-state index is -0.666. The molecule has 1 aliphatic heterocycles. The number of halogens is 3. The van der Waals surface area contributed by atoms with Gasteiger partial charge in [-0.3, -0.25) is 0 Å². The van der Waals surface area contributed by atoms with Gasteiger partial charge in [0.2, 0.25) is 0 Å². The van der Waals surface area contributed by atoms with E-state index in [1.54, 1.807) is 49.4 Å². The van der Waals surface area contributed by atoms with Gasteiger partial charge in [-0.05, 0) is 60.5 Å². The van der Waals surface area contributed by atoms with Crippen molar-refractivity contribution in [3.63, 3.8) is 0 Å². The van der Waals surface area contributed by atoms with Crippen molar-refractivity contribution in [2.75, 3.05) is 6.61 Å². The predicted octanol–water partition coefficient (Wildman–Crippen LogP) is 7.90. The lowest BCUT2D eigenvalue weighted by Crippen LogP contribution is -2.12. The summed E-state index contributed by atoms with van der Waals surface area (Å²) >= 11 is 14.0. The van der Waals surface area contributed by atoms with Crippen LogP contribution in [0.2, 0.25) is 10.0 Å². The van der Waals surface area contributed by atoms with Gasteiger partial charge in [-0.25, -0.2) is 14.2 Å². The van der Waals surface area contributed by atoms with E-state index in [-0.39, 0.29) is 46.2 Å². The highest BCUT2D eigenvalue weighted by Crippen LogP contribution is 2.42. The van der Waals surface area contributed by atoms with E-state index >= 15 is 0 Å². The van der Waals surface area contributed by atoms with Crippen LogP contribution in [0.3, 0.4) is 0 Å². The minimum absolute atomic E-state index is 0.00611.